The molecule has 10 heteroatoms. The summed E-state index contributed by atoms with van der Waals surface area (Å²) < 4.78 is 42.2. The standard InChI is InChI=1S/C31H29ClFN3O4S/c1-34-31(38)29(20-23-8-4-2-5-9-23)35(21-24-12-14-25(32)15-13-24)30(37)22-36(27-10-6-3-7-11-27)41(39,40)28-18-16-26(33)17-19-28/h2-19,29H,20-22H2,1H3,(H,34,38). The van der Waals surface area contributed by atoms with Crippen LogP contribution < -0.4 is 9.62 Å². The summed E-state index contributed by atoms with van der Waals surface area (Å²) in [6.07, 6.45) is 0.204. The minimum atomic E-state index is -4.29. The van der Waals surface area contributed by atoms with Crippen LogP contribution >= 0.6 is 11.6 Å². The minimum absolute atomic E-state index is 0.0279. The topological polar surface area (TPSA) is 86.8 Å². The predicted molar refractivity (Wildman–Crippen MR) is 157 cm³/mol. The number of amides is 2. The number of likely N-dealkylation sites (N-methyl/N-ethyl adjacent to an activating group) is 1. The molecule has 1 unspecified atom stereocenters. The SMILES string of the molecule is CNC(=O)C(Cc1ccccc1)N(Cc1ccc(Cl)cc1)C(=O)CN(c1ccccc1)S(=O)(=O)c1ccc(F)cc1. The lowest BCUT2D eigenvalue weighted by Crippen LogP contribution is -2.53. The predicted octanol–water partition coefficient (Wildman–Crippen LogP) is 5.06. The third kappa shape index (κ3) is 7.50. The number of hydrogen-bond donors (Lipinski definition) is 1. The molecule has 1 N–H and O–H groups in total. The molecule has 0 aliphatic heterocycles. The van der Waals surface area contributed by atoms with Crippen molar-refractivity contribution in [2.45, 2.75) is 23.9 Å². The number of anilines is 1. The fourth-order valence-corrected chi connectivity index (χ4v) is 5.90. The highest BCUT2D eigenvalue weighted by molar-refractivity contribution is 7.92. The lowest BCUT2D eigenvalue weighted by Gasteiger charge is -2.33. The van der Waals surface area contributed by atoms with Gasteiger partial charge < -0.3 is 10.2 Å². The van der Waals surface area contributed by atoms with Crippen LogP contribution in [0.5, 0.6) is 0 Å². The average Bonchev–Trinajstić information content (AvgIpc) is 2.99. The number of rotatable bonds is 11. The summed E-state index contributed by atoms with van der Waals surface area (Å²) in [6, 6.07) is 27.7. The molecule has 4 aromatic carbocycles. The van der Waals surface area contributed by atoms with Crippen molar-refractivity contribution < 1.29 is 22.4 Å². The van der Waals surface area contributed by atoms with E-state index in [1.54, 1.807) is 54.6 Å². The van der Waals surface area contributed by atoms with Crippen molar-refractivity contribution in [2.75, 3.05) is 17.9 Å². The average molecular weight is 594 g/mol. The first kappa shape index (κ1) is 29.8. The van der Waals surface area contributed by atoms with E-state index in [4.69, 9.17) is 11.6 Å². The molecule has 41 heavy (non-hydrogen) atoms. The number of carbonyl (C=O) groups excluding carboxylic acids is 2. The van der Waals surface area contributed by atoms with E-state index in [1.165, 1.54) is 11.9 Å². The second-order valence-corrected chi connectivity index (χ2v) is 11.6. The third-order valence-corrected chi connectivity index (χ3v) is 8.55. The monoisotopic (exact) mass is 593 g/mol. The summed E-state index contributed by atoms with van der Waals surface area (Å²) in [5, 5.41) is 3.15. The minimum Gasteiger partial charge on any atom is -0.357 e. The van der Waals surface area contributed by atoms with Crippen molar-refractivity contribution in [3.8, 4) is 0 Å². The van der Waals surface area contributed by atoms with Gasteiger partial charge in [0.2, 0.25) is 11.8 Å². The Morgan fingerprint density at radius 3 is 2.00 bits per heavy atom. The van der Waals surface area contributed by atoms with Gasteiger partial charge in [-0.15, -0.1) is 0 Å². The molecule has 4 aromatic rings. The van der Waals surface area contributed by atoms with Crippen LogP contribution in [0.15, 0.2) is 114 Å². The lowest BCUT2D eigenvalue weighted by atomic mass is 10.0. The molecule has 0 aliphatic rings. The Morgan fingerprint density at radius 1 is 0.829 bits per heavy atom. The number of nitrogens with one attached hydrogen (secondary N) is 1. The van der Waals surface area contributed by atoms with Gasteiger partial charge in [-0.25, -0.2) is 12.8 Å². The Morgan fingerprint density at radius 2 is 1.41 bits per heavy atom. The number of para-hydroxylation sites is 1. The van der Waals surface area contributed by atoms with Crippen LogP contribution in [0.25, 0.3) is 0 Å². The van der Waals surface area contributed by atoms with Crippen molar-refractivity contribution in [3.63, 3.8) is 0 Å². The van der Waals surface area contributed by atoms with Crippen molar-refractivity contribution in [1.29, 1.82) is 0 Å². The van der Waals surface area contributed by atoms with Crippen molar-refractivity contribution >= 4 is 39.1 Å². The quantitative estimate of drug-likeness (QED) is 0.263. The smallest absolute Gasteiger partial charge is 0.264 e. The zero-order chi connectivity index (χ0) is 29.4. The van der Waals surface area contributed by atoms with Gasteiger partial charge >= 0.3 is 0 Å². The molecule has 0 aliphatic carbocycles. The van der Waals surface area contributed by atoms with Gasteiger partial charge in [0.15, 0.2) is 0 Å². The first-order valence-corrected chi connectivity index (χ1v) is 14.6. The molecule has 0 saturated carbocycles. The molecule has 0 spiro atoms. The van der Waals surface area contributed by atoms with Crippen LogP contribution in [0.1, 0.15) is 11.1 Å². The van der Waals surface area contributed by atoms with Crippen LogP contribution in [0.3, 0.4) is 0 Å². The number of hydrogen-bond acceptors (Lipinski definition) is 4. The maximum Gasteiger partial charge on any atom is 0.264 e. The van der Waals surface area contributed by atoms with E-state index in [1.807, 2.05) is 30.3 Å². The zero-order valence-corrected chi connectivity index (χ0v) is 23.9. The molecule has 0 radical (unpaired) electrons. The van der Waals surface area contributed by atoms with Gasteiger partial charge in [-0.05, 0) is 59.7 Å². The Labute approximate surface area is 244 Å². The van der Waals surface area contributed by atoms with Gasteiger partial charge in [0.05, 0.1) is 10.6 Å². The Balaban J connectivity index is 1.76. The molecule has 0 aromatic heterocycles. The summed E-state index contributed by atoms with van der Waals surface area (Å²) in [5.41, 5.74) is 1.78. The van der Waals surface area contributed by atoms with Gasteiger partial charge in [0, 0.05) is 25.0 Å². The molecule has 212 valence electrons. The molecular formula is C31H29ClFN3O4S. The highest BCUT2D eigenvalue weighted by atomic mass is 35.5. The molecule has 0 saturated heterocycles. The van der Waals surface area contributed by atoms with Crippen LogP contribution in [0.4, 0.5) is 10.1 Å². The van der Waals surface area contributed by atoms with E-state index in [2.05, 4.69) is 5.32 Å². The van der Waals surface area contributed by atoms with E-state index in [0.717, 1.165) is 34.1 Å². The first-order chi connectivity index (χ1) is 19.7. The van der Waals surface area contributed by atoms with Crippen LogP contribution in [-0.4, -0.2) is 44.8 Å². The second kappa shape index (κ2) is 13.4. The Bertz CT molecular complexity index is 1570. The van der Waals surface area contributed by atoms with Gasteiger partial charge in [-0.3, -0.25) is 13.9 Å². The lowest BCUT2D eigenvalue weighted by molar-refractivity contribution is -0.139. The molecule has 7 nitrogen and oxygen atoms in total. The third-order valence-electron chi connectivity index (χ3n) is 6.51. The largest absolute Gasteiger partial charge is 0.357 e. The van der Waals surface area contributed by atoms with E-state index >= 15 is 0 Å². The van der Waals surface area contributed by atoms with Gasteiger partial charge in [0.25, 0.3) is 10.0 Å². The molecule has 1 atom stereocenters. The maximum atomic E-state index is 14.1. The molecule has 4 rings (SSSR count). The zero-order valence-electron chi connectivity index (χ0n) is 22.3. The van der Waals surface area contributed by atoms with Gasteiger partial charge in [-0.2, -0.15) is 0 Å². The van der Waals surface area contributed by atoms with E-state index in [0.29, 0.717) is 10.6 Å². The molecule has 2 amide bonds. The molecule has 0 bridgehead atoms. The summed E-state index contributed by atoms with van der Waals surface area (Å²) >= 11 is 6.07. The van der Waals surface area contributed by atoms with Crippen molar-refractivity contribution in [2.24, 2.45) is 0 Å². The Hall–Kier alpha value is -4.21. The number of sulfonamides is 1. The molecule has 0 heterocycles. The summed E-state index contributed by atoms with van der Waals surface area (Å²) in [6.45, 7) is -0.570. The first-order valence-electron chi connectivity index (χ1n) is 12.8. The van der Waals surface area contributed by atoms with E-state index < -0.39 is 40.2 Å². The van der Waals surface area contributed by atoms with Crippen molar-refractivity contribution in [3.05, 3.63) is 131 Å². The summed E-state index contributed by atoms with van der Waals surface area (Å²) in [4.78, 5) is 28.6. The fourth-order valence-electron chi connectivity index (χ4n) is 4.36. The Kier molecular flexibility index (Phi) is 9.75. The summed E-state index contributed by atoms with van der Waals surface area (Å²) in [7, 11) is -2.80. The number of benzene rings is 4. The molecular weight excluding hydrogens is 565 g/mol. The maximum absolute atomic E-state index is 14.1. The van der Waals surface area contributed by atoms with E-state index in [9.17, 15) is 22.4 Å². The van der Waals surface area contributed by atoms with Crippen LogP contribution in [0.2, 0.25) is 5.02 Å². The normalized spacial score (nSPS) is 11.9. The number of nitrogens with zero attached hydrogens (tertiary/aromatic N) is 2. The highest BCUT2D eigenvalue weighted by Gasteiger charge is 2.34. The van der Waals surface area contributed by atoms with Gasteiger partial charge in [0.1, 0.15) is 18.4 Å². The van der Waals surface area contributed by atoms with E-state index in [-0.39, 0.29) is 23.5 Å². The number of carbonyl (C=O) groups is 2. The van der Waals surface area contributed by atoms with Crippen LogP contribution in [0, 0.1) is 5.82 Å². The van der Waals surface area contributed by atoms with Gasteiger partial charge in [-0.1, -0.05) is 72.3 Å². The second-order valence-electron chi connectivity index (χ2n) is 9.27. The highest BCUT2D eigenvalue weighted by Crippen LogP contribution is 2.25. The molecule has 0 fully saturated rings. The summed E-state index contributed by atoms with van der Waals surface area (Å²) in [5.74, 6) is -1.59. The van der Waals surface area contributed by atoms with Crippen molar-refractivity contribution in [1.82, 2.24) is 10.2 Å². The fraction of sp³-hybridized carbons (Fsp3) is 0.161. The van der Waals surface area contributed by atoms with Crippen LogP contribution in [-0.2, 0) is 32.6 Å². The number of halogens is 2.